The lowest BCUT2D eigenvalue weighted by molar-refractivity contribution is -0.118. The summed E-state index contributed by atoms with van der Waals surface area (Å²) in [4.78, 5) is 11.9. The van der Waals surface area contributed by atoms with Crippen molar-refractivity contribution in [1.82, 2.24) is 5.32 Å². The first-order valence-corrected chi connectivity index (χ1v) is 9.45. The minimum atomic E-state index is 0.0485. The summed E-state index contributed by atoms with van der Waals surface area (Å²) in [6.07, 6.45) is 0. The fourth-order valence-corrected chi connectivity index (χ4v) is 3.01. The van der Waals surface area contributed by atoms with E-state index in [0.717, 1.165) is 21.9 Å². The minimum Gasteiger partial charge on any atom is -0.377 e. The van der Waals surface area contributed by atoms with Gasteiger partial charge < -0.3 is 10.1 Å². The van der Waals surface area contributed by atoms with Crippen molar-refractivity contribution in [2.75, 3.05) is 12.4 Å². The Morgan fingerprint density at radius 2 is 1.67 bits per heavy atom. The Morgan fingerprint density at radius 3 is 2.33 bits per heavy atom. The normalized spacial score (nSPS) is 10.6. The van der Waals surface area contributed by atoms with Crippen molar-refractivity contribution >= 4 is 29.3 Å². The van der Waals surface area contributed by atoms with Crippen LogP contribution in [-0.4, -0.2) is 18.3 Å². The van der Waals surface area contributed by atoms with E-state index in [2.05, 4.69) is 5.32 Å². The third kappa shape index (κ3) is 6.95. The number of hydrogen-bond donors (Lipinski definition) is 1. The fraction of sp³-hybridized carbons (Fsp3) is 0.316. The Bertz CT molecular complexity index is 629. The molecule has 3 nitrogen and oxygen atoms in total. The van der Waals surface area contributed by atoms with E-state index in [1.165, 1.54) is 5.56 Å². The Balaban J connectivity index is 1.66. The van der Waals surface area contributed by atoms with E-state index in [9.17, 15) is 4.79 Å². The number of amides is 1. The number of ether oxygens (including phenoxy) is 1. The van der Waals surface area contributed by atoms with Crippen molar-refractivity contribution < 1.29 is 9.53 Å². The third-order valence-electron chi connectivity index (χ3n) is 3.40. The number of rotatable bonds is 9. The number of benzene rings is 2. The lowest BCUT2D eigenvalue weighted by atomic mass is 10.1. The Hall–Kier alpha value is -1.49. The van der Waals surface area contributed by atoms with Crippen LogP contribution in [0.15, 0.2) is 48.5 Å². The smallest absolute Gasteiger partial charge is 0.230 e. The molecule has 0 radical (unpaired) electrons. The minimum absolute atomic E-state index is 0.0485. The summed E-state index contributed by atoms with van der Waals surface area (Å²) in [5, 5.41) is 3.68. The molecule has 2 aromatic carbocycles. The van der Waals surface area contributed by atoms with Crippen LogP contribution in [0.1, 0.15) is 23.6 Å². The van der Waals surface area contributed by atoms with Gasteiger partial charge in [-0.2, -0.15) is 0 Å². The first kappa shape index (κ1) is 18.8. The zero-order chi connectivity index (χ0) is 17.2. The highest BCUT2D eigenvalue weighted by Crippen LogP contribution is 2.15. The highest BCUT2D eigenvalue weighted by Gasteiger charge is 2.03. The van der Waals surface area contributed by atoms with Gasteiger partial charge in [-0.05, 0) is 35.7 Å². The number of halogens is 1. The number of nitrogens with one attached hydrogen (secondary N) is 1. The summed E-state index contributed by atoms with van der Waals surface area (Å²) in [5.41, 5.74) is 3.40. The highest BCUT2D eigenvalue weighted by molar-refractivity contribution is 7.99. The van der Waals surface area contributed by atoms with Crippen LogP contribution in [-0.2, 0) is 28.4 Å². The number of hydrogen-bond acceptors (Lipinski definition) is 3. The maximum absolute atomic E-state index is 11.9. The number of thioether (sulfide) groups is 1. The maximum atomic E-state index is 11.9. The first-order valence-electron chi connectivity index (χ1n) is 7.92. The average Bonchev–Trinajstić information content (AvgIpc) is 2.61. The molecule has 128 valence electrons. The fourth-order valence-electron chi connectivity index (χ4n) is 2.07. The molecule has 24 heavy (non-hydrogen) atoms. The molecule has 0 atom stereocenters. The first-order chi connectivity index (χ1) is 11.7. The summed E-state index contributed by atoms with van der Waals surface area (Å²) < 4.78 is 5.37. The summed E-state index contributed by atoms with van der Waals surface area (Å²) >= 11 is 7.45. The molecule has 0 aliphatic carbocycles. The molecule has 0 saturated heterocycles. The van der Waals surface area contributed by atoms with E-state index < -0.39 is 0 Å². The molecular weight excluding hydrogens is 342 g/mol. The topological polar surface area (TPSA) is 38.3 Å². The highest BCUT2D eigenvalue weighted by atomic mass is 35.5. The summed E-state index contributed by atoms with van der Waals surface area (Å²) in [6, 6.07) is 15.8. The third-order valence-corrected chi connectivity index (χ3v) is 4.66. The van der Waals surface area contributed by atoms with Gasteiger partial charge in [0.15, 0.2) is 0 Å². The van der Waals surface area contributed by atoms with Crippen molar-refractivity contribution in [3.05, 3.63) is 70.2 Å². The van der Waals surface area contributed by atoms with Gasteiger partial charge in [0.2, 0.25) is 5.91 Å². The van der Waals surface area contributed by atoms with Crippen LogP contribution in [0, 0.1) is 0 Å². The van der Waals surface area contributed by atoms with Crippen LogP contribution in [0.4, 0.5) is 0 Å². The number of carbonyl (C=O) groups is 1. The van der Waals surface area contributed by atoms with Gasteiger partial charge in [0, 0.05) is 23.9 Å². The van der Waals surface area contributed by atoms with Crippen LogP contribution in [0.25, 0.3) is 0 Å². The summed E-state index contributed by atoms with van der Waals surface area (Å²) in [7, 11) is 0. The molecule has 0 bridgehead atoms. The maximum Gasteiger partial charge on any atom is 0.230 e. The predicted octanol–water partition coefficient (Wildman–Crippen LogP) is 4.43. The molecule has 1 N–H and O–H groups in total. The Morgan fingerprint density at radius 1 is 1.04 bits per heavy atom. The standard InChI is InChI=1S/C19H22ClNO2S/c1-2-23-12-16-5-3-15(4-6-16)11-21-19(22)14-24-13-17-7-9-18(20)10-8-17/h3-10H,2,11-14H2,1H3,(H,21,22). The molecule has 1 amide bonds. The molecule has 0 aliphatic heterocycles. The molecule has 0 unspecified atom stereocenters. The van der Waals surface area contributed by atoms with Crippen LogP contribution < -0.4 is 5.32 Å². The van der Waals surface area contributed by atoms with Gasteiger partial charge in [0.1, 0.15) is 0 Å². The van der Waals surface area contributed by atoms with Gasteiger partial charge in [-0.1, -0.05) is 48.0 Å². The predicted molar refractivity (Wildman–Crippen MR) is 101 cm³/mol. The van der Waals surface area contributed by atoms with Crippen molar-refractivity contribution in [2.45, 2.75) is 25.8 Å². The van der Waals surface area contributed by atoms with E-state index in [1.54, 1.807) is 11.8 Å². The van der Waals surface area contributed by atoms with Crippen LogP contribution in [0.3, 0.4) is 0 Å². The Kier molecular flexibility index (Phi) is 8.16. The summed E-state index contributed by atoms with van der Waals surface area (Å²) in [6.45, 7) is 3.88. The molecule has 0 fully saturated rings. The molecule has 2 aromatic rings. The van der Waals surface area contributed by atoms with Crippen LogP contribution in [0.5, 0.6) is 0 Å². The molecule has 0 aromatic heterocycles. The quantitative estimate of drug-likeness (QED) is 0.716. The molecule has 0 aliphatic rings. The van der Waals surface area contributed by atoms with Crippen molar-refractivity contribution in [2.24, 2.45) is 0 Å². The average molecular weight is 364 g/mol. The number of carbonyl (C=O) groups excluding carboxylic acids is 1. The van der Waals surface area contributed by atoms with Crippen LogP contribution >= 0.6 is 23.4 Å². The molecule has 2 rings (SSSR count). The van der Waals surface area contributed by atoms with Crippen molar-refractivity contribution in [3.8, 4) is 0 Å². The van der Waals surface area contributed by atoms with E-state index in [-0.39, 0.29) is 5.91 Å². The summed E-state index contributed by atoms with van der Waals surface area (Å²) in [5.74, 6) is 1.30. The van der Waals surface area contributed by atoms with E-state index in [0.29, 0.717) is 25.5 Å². The molecular formula is C19H22ClNO2S. The second-order valence-electron chi connectivity index (χ2n) is 5.35. The van der Waals surface area contributed by atoms with Crippen molar-refractivity contribution in [1.29, 1.82) is 0 Å². The lowest BCUT2D eigenvalue weighted by Gasteiger charge is -2.07. The molecule has 0 saturated carbocycles. The second-order valence-corrected chi connectivity index (χ2v) is 6.77. The van der Waals surface area contributed by atoms with Crippen LogP contribution in [0.2, 0.25) is 5.02 Å². The van der Waals surface area contributed by atoms with Gasteiger partial charge in [0.05, 0.1) is 12.4 Å². The Labute approximate surface area is 152 Å². The van der Waals surface area contributed by atoms with Crippen molar-refractivity contribution in [3.63, 3.8) is 0 Å². The van der Waals surface area contributed by atoms with Gasteiger partial charge in [-0.25, -0.2) is 0 Å². The van der Waals surface area contributed by atoms with Gasteiger partial charge in [0.25, 0.3) is 0 Å². The second kappa shape index (κ2) is 10.4. The zero-order valence-electron chi connectivity index (χ0n) is 13.8. The monoisotopic (exact) mass is 363 g/mol. The lowest BCUT2D eigenvalue weighted by Crippen LogP contribution is -2.24. The molecule has 0 heterocycles. The zero-order valence-corrected chi connectivity index (χ0v) is 15.3. The SMILES string of the molecule is CCOCc1ccc(CNC(=O)CSCc2ccc(Cl)cc2)cc1. The molecule has 0 spiro atoms. The van der Waals surface area contributed by atoms with E-state index >= 15 is 0 Å². The van der Waals surface area contributed by atoms with E-state index in [4.69, 9.17) is 16.3 Å². The van der Waals surface area contributed by atoms with E-state index in [1.807, 2.05) is 55.5 Å². The molecule has 5 heteroatoms. The van der Waals surface area contributed by atoms with Gasteiger partial charge in [-0.15, -0.1) is 11.8 Å². The van der Waals surface area contributed by atoms with Gasteiger partial charge in [-0.3, -0.25) is 4.79 Å². The largest absolute Gasteiger partial charge is 0.377 e. The van der Waals surface area contributed by atoms with Gasteiger partial charge >= 0.3 is 0 Å².